The molecule has 98 valence electrons. The SMILES string of the molecule is O=C(CCS(=O)(=O)c1ccccc1F)NC1CC1. The minimum Gasteiger partial charge on any atom is -0.353 e. The van der Waals surface area contributed by atoms with Crippen LogP contribution in [0, 0.1) is 5.82 Å². The standard InChI is InChI=1S/C12H14FNO3S/c13-10-3-1-2-4-11(10)18(16,17)8-7-12(15)14-9-5-6-9/h1-4,9H,5-8H2,(H,14,15). The third-order valence-electron chi connectivity index (χ3n) is 2.71. The van der Waals surface area contributed by atoms with Gasteiger partial charge in [-0.05, 0) is 25.0 Å². The Balaban J connectivity index is 1.98. The number of hydrogen-bond donors (Lipinski definition) is 1. The van der Waals surface area contributed by atoms with E-state index in [9.17, 15) is 17.6 Å². The van der Waals surface area contributed by atoms with Crippen molar-refractivity contribution in [3.05, 3.63) is 30.1 Å². The molecule has 1 aromatic rings. The van der Waals surface area contributed by atoms with Crippen molar-refractivity contribution < 1.29 is 17.6 Å². The van der Waals surface area contributed by atoms with Crippen molar-refractivity contribution in [3.8, 4) is 0 Å². The molecule has 1 aromatic carbocycles. The van der Waals surface area contributed by atoms with Gasteiger partial charge in [-0.15, -0.1) is 0 Å². The topological polar surface area (TPSA) is 63.2 Å². The average molecular weight is 271 g/mol. The molecular weight excluding hydrogens is 257 g/mol. The van der Waals surface area contributed by atoms with Crippen LogP contribution in [-0.2, 0) is 14.6 Å². The van der Waals surface area contributed by atoms with E-state index < -0.39 is 15.7 Å². The lowest BCUT2D eigenvalue weighted by Crippen LogP contribution is -2.27. The quantitative estimate of drug-likeness (QED) is 0.877. The van der Waals surface area contributed by atoms with Gasteiger partial charge in [0.2, 0.25) is 5.91 Å². The largest absolute Gasteiger partial charge is 0.353 e. The molecule has 6 heteroatoms. The molecule has 0 radical (unpaired) electrons. The van der Waals surface area contributed by atoms with E-state index in [2.05, 4.69) is 5.32 Å². The smallest absolute Gasteiger partial charge is 0.221 e. The van der Waals surface area contributed by atoms with Crippen molar-refractivity contribution in [1.29, 1.82) is 0 Å². The van der Waals surface area contributed by atoms with E-state index in [1.165, 1.54) is 18.2 Å². The summed E-state index contributed by atoms with van der Waals surface area (Å²) >= 11 is 0. The fourth-order valence-electron chi connectivity index (χ4n) is 1.56. The first-order valence-corrected chi connectivity index (χ1v) is 7.41. The van der Waals surface area contributed by atoms with Gasteiger partial charge in [0.05, 0.1) is 5.75 Å². The number of sulfone groups is 1. The molecule has 4 nitrogen and oxygen atoms in total. The minimum atomic E-state index is -3.74. The molecule has 0 atom stereocenters. The van der Waals surface area contributed by atoms with E-state index >= 15 is 0 Å². The average Bonchev–Trinajstić information content (AvgIpc) is 3.11. The van der Waals surface area contributed by atoms with Crippen LogP contribution >= 0.6 is 0 Å². The molecule has 0 aromatic heterocycles. The van der Waals surface area contributed by atoms with Crippen molar-refractivity contribution in [2.75, 3.05) is 5.75 Å². The Morgan fingerprint density at radius 3 is 2.61 bits per heavy atom. The van der Waals surface area contributed by atoms with Crippen LogP contribution in [0.15, 0.2) is 29.2 Å². The fourth-order valence-corrected chi connectivity index (χ4v) is 2.89. The van der Waals surface area contributed by atoms with Gasteiger partial charge in [0.1, 0.15) is 10.7 Å². The monoisotopic (exact) mass is 271 g/mol. The summed E-state index contributed by atoms with van der Waals surface area (Å²) in [5.74, 6) is -1.44. The van der Waals surface area contributed by atoms with Crippen molar-refractivity contribution in [2.45, 2.75) is 30.2 Å². The maximum absolute atomic E-state index is 13.4. The Labute approximate surface area is 105 Å². The molecule has 0 bridgehead atoms. The molecular formula is C12H14FNO3S. The summed E-state index contributed by atoms with van der Waals surface area (Å²) in [6, 6.07) is 5.39. The third kappa shape index (κ3) is 3.29. The number of halogens is 1. The minimum absolute atomic E-state index is 0.132. The van der Waals surface area contributed by atoms with E-state index in [4.69, 9.17) is 0 Å². The van der Waals surface area contributed by atoms with Crippen LogP contribution in [0.5, 0.6) is 0 Å². The molecule has 0 heterocycles. The molecule has 18 heavy (non-hydrogen) atoms. The summed E-state index contributed by atoms with van der Waals surface area (Å²) in [7, 11) is -3.74. The van der Waals surface area contributed by atoms with Crippen LogP contribution in [0.2, 0.25) is 0 Å². The molecule has 1 saturated carbocycles. The van der Waals surface area contributed by atoms with Gasteiger partial charge in [-0.3, -0.25) is 4.79 Å². The van der Waals surface area contributed by atoms with Crippen molar-refractivity contribution in [3.63, 3.8) is 0 Å². The third-order valence-corrected chi connectivity index (χ3v) is 4.45. The molecule has 0 saturated heterocycles. The van der Waals surface area contributed by atoms with E-state index in [1.807, 2.05) is 0 Å². The first kappa shape index (κ1) is 13.0. The zero-order chi connectivity index (χ0) is 13.2. The Morgan fingerprint density at radius 2 is 2.00 bits per heavy atom. The molecule has 1 N–H and O–H groups in total. The summed E-state index contributed by atoms with van der Waals surface area (Å²) < 4.78 is 37.0. The molecule has 1 fully saturated rings. The summed E-state index contributed by atoms with van der Waals surface area (Å²) in [5.41, 5.74) is 0. The molecule has 1 amide bonds. The first-order valence-electron chi connectivity index (χ1n) is 5.76. The molecule has 0 aliphatic heterocycles. The Bertz CT molecular complexity index is 552. The van der Waals surface area contributed by atoms with Crippen LogP contribution < -0.4 is 5.32 Å². The van der Waals surface area contributed by atoms with E-state index in [0.29, 0.717) is 0 Å². The number of carbonyl (C=O) groups is 1. The van der Waals surface area contributed by atoms with E-state index in [0.717, 1.165) is 18.9 Å². The number of rotatable bonds is 5. The summed E-state index contributed by atoms with van der Waals surface area (Å²) in [6.07, 6.45) is 1.77. The number of hydrogen-bond acceptors (Lipinski definition) is 3. The zero-order valence-electron chi connectivity index (χ0n) is 9.73. The number of carbonyl (C=O) groups excluding carboxylic acids is 1. The van der Waals surface area contributed by atoms with Crippen LogP contribution in [0.25, 0.3) is 0 Å². The van der Waals surface area contributed by atoms with Crippen molar-refractivity contribution in [2.24, 2.45) is 0 Å². The van der Waals surface area contributed by atoms with Crippen LogP contribution in [-0.4, -0.2) is 26.1 Å². The van der Waals surface area contributed by atoms with Gasteiger partial charge in [-0.25, -0.2) is 12.8 Å². The van der Waals surface area contributed by atoms with Gasteiger partial charge in [-0.2, -0.15) is 0 Å². The van der Waals surface area contributed by atoms with Gasteiger partial charge in [0.25, 0.3) is 0 Å². The van der Waals surface area contributed by atoms with Crippen LogP contribution in [0.3, 0.4) is 0 Å². The van der Waals surface area contributed by atoms with Gasteiger partial charge in [-0.1, -0.05) is 12.1 Å². The zero-order valence-corrected chi connectivity index (χ0v) is 10.5. The highest BCUT2D eigenvalue weighted by Gasteiger charge is 2.25. The predicted molar refractivity (Wildman–Crippen MR) is 64.2 cm³/mol. The maximum Gasteiger partial charge on any atom is 0.221 e. The number of nitrogens with one attached hydrogen (secondary N) is 1. The molecule has 1 aliphatic rings. The van der Waals surface area contributed by atoms with Gasteiger partial charge >= 0.3 is 0 Å². The summed E-state index contributed by atoms with van der Waals surface area (Å²) in [4.78, 5) is 11.0. The lowest BCUT2D eigenvalue weighted by atomic mass is 10.3. The second-order valence-corrected chi connectivity index (χ2v) is 6.42. The Kier molecular flexibility index (Phi) is 3.65. The predicted octanol–water partition coefficient (Wildman–Crippen LogP) is 1.27. The van der Waals surface area contributed by atoms with E-state index in [-0.39, 0.29) is 29.0 Å². The van der Waals surface area contributed by atoms with Crippen LogP contribution in [0.1, 0.15) is 19.3 Å². The Morgan fingerprint density at radius 1 is 1.33 bits per heavy atom. The highest BCUT2D eigenvalue weighted by atomic mass is 32.2. The summed E-state index contributed by atoms with van der Waals surface area (Å²) in [5, 5.41) is 2.70. The second kappa shape index (κ2) is 5.06. The fraction of sp³-hybridized carbons (Fsp3) is 0.417. The number of benzene rings is 1. The lowest BCUT2D eigenvalue weighted by Gasteiger charge is -2.06. The highest BCUT2D eigenvalue weighted by molar-refractivity contribution is 7.91. The van der Waals surface area contributed by atoms with E-state index in [1.54, 1.807) is 0 Å². The lowest BCUT2D eigenvalue weighted by molar-refractivity contribution is -0.120. The van der Waals surface area contributed by atoms with Gasteiger partial charge in [0.15, 0.2) is 9.84 Å². The van der Waals surface area contributed by atoms with Crippen LogP contribution in [0.4, 0.5) is 4.39 Å². The molecule has 1 aliphatic carbocycles. The van der Waals surface area contributed by atoms with Crippen molar-refractivity contribution in [1.82, 2.24) is 5.32 Å². The highest BCUT2D eigenvalue weighted by Crippen LogP contribution is 2.19. The Hall–Kier alpha value is -1.43. The molecule has 2 rings (SSSR count). The molecule has 0 spiro atoms. The second-order valence-electron chi connectivity index (χ2n) is 4.34. The first-order chi connectivity index (χ1) is 8.49. The van der Waals surface area contributed by atoms with Crippen molar-refractivity contribution >= 4 is 15.7 Å². The maximum atomic E-state index is 13.4. The summed E-state index contributed by atoms with van der Waals surface area (Å²) in [6.45, 7) is 0. The number of amides is 1. The van der Waals surface area contributed by atoms with Gasteiger partial charge in [0, 0.05) is 12.5 Å². The molecule has 0 unspecified atom stereocenters. The van der Waals surface area contributed by atoms with Gasteiger partial charge < -0.3 is 5.32 Å². The normalized spacial score (nSPS) is 15.4.